The summed E-state index contributed by atoms with van der Waals surface area (Å²) in [7, 11) is 1.99. The Kier molecular flexibility index (Phi) is 3.36. The zero-order chi connectivity index (χ0) is 13.2. The van der Waals surface area contributed by atoms with E-state index in [1.807, 2.05) is 7.05 Å². The summed E-state index contributed by atoms with van der Waals surface area (Å²) < 4.78 is 5.48. The van der Waals surface area contributed by atoms with E-state index < -0.39 is 0 Å². The first-order chi connectivity index (χ1) is 9.28. The molecule has 0 aliphatic carbocycles. The van der Waals surface area contributed by atoms with Crippen molar-refractivity contribution in [3.8, 4) is 11.1 Å². The van der Waals surface area contributed by atoms with Crippen molar-refractivity contribution < 1.29 is 4.74 Å². The Morgan fingerprint density at radius 1 is 1.00 bits per heavy atom. The van der Waals surface area contributed by atoms with Gasteiger partial charge in [0, 0.05) is 6.04 Å². The molecule has 19 heavy (non-hydrogen) atoms. The molecule has 0 radical (unpaired) electrons. The van der Waals surface area contributed by atoms with Crippen LogP contribution in [0.5, 0.6) is 0 Å². The van der Waals surface area contributed by atoms with Crippen LogP contribution in [0, 0.1) is 0 Å². The lowest BCUT2D eigenvalue weighted by molar-refractivity contribution is 0.134. The zero-order valence-corrected chi connectivity index (χ0v) is 11.4. The summed E-state index contributed by atoms with van der Waals surface area (Å²) in [6.07, 6.45) is 0. The summed E-state index contributed by atoms with van der Waals surface area (Å²) in [5, 5.41) is 3.28. The Labute approximate surface area is 114 Å². The predicted molar refractivity (Wildman–Crippen MR) is 77.8 cm³/mol. The first-order valence-corrected chi connectivity index (χ1v) is 6.75. The van der Waals surface area contributed by atoms with Gasteiger partial charge in [0.05, 0.1) is 13.2 Å². The quantitative estimate of drug-likeness (QED) is 0.901. The highest BCUT2D eigenvalue weighted by atomic mass is 16.5. The smallest absolute Gasteiger partial charge is 0.0725 e. The molecule has 0 saturated heterocycles. The van der Waals surface area contributed by atoms with Crippen LogP contribution in [0.4, 0.5) is 0 Å². The summed E-state index contributed by atoms with van der Waals surface area (Å²) >= 11 is 0. The van der Waals surface area contributed by atoms with E-state index in [4.69, 9.17) is 4.74 Å². The number of hydrogen-bond donors (Lipinski definition) is 1. The maximum absolute atomic E-state index is 5.48. The van der Waals surface area contributed by atoms with Gasteiger partial charge in [-0.15, -0.1) is 0 Å². The van der Waals surface area contributed by atoms with Crippen molar-refractivity contribution in [1.29, 1.82) is 0 Å². The molecule has 1 heterocycles. The van der Waals surface area contributed by atoms with Gasteiger partial charge >= 0.3 is 0 Å². The molecular weight excluding hydrogens is 234 g/mol. The van der Waals surface area contributed by atoms with Crippen LogP contribution >= 0.6 is 0 Å². The predicted octanol–water partition coefficient (Wildman–Crippen LogP) is 3.66. The van der Waals surface area contributed by atoms with Crippen LogP contribution in [-0.2, 0) is 18.0 Å². The molecule has 1 unspecified atom stereocenters. The van der Waals surface area contributed by atoms with E-state index in [2.05, 4.69) is 54.7 Å². The number of rotatable bonds is 3. The van der Waals surface area contributed by atoms with Crippen molar-refractivity contribution >= 4 is 0 Å². The molecule has 2 aromatic rings. The van der Waals surface area contributed by atoms with Gasteiger partial charge in [-0.05, 0) is 53.9 Å². The van der Waals surface area contributed by atoms with Crippen molar-refractivity contribution in [2.24, 2.45) is 0 Å². The van der Waals surface area contributed by atoms with Crippen molar-refractivity contribution in [3.05, 3.63) is 59.2 Å². The van der Waals surface area contributed by atoms with Crippen LogP contribution in [0.1, 0.15) is 29.7 Å². The van der Waals surface area contributed by atoms with Gasteiger partial charge < -0.3 is 10.1 Å². The number of fused-ring (bicyclic) bond motifs is 1. The topological polar surface area (TPSA) is 21.3 Å². The number of benzene rings is 2. The maximum atomic E-state index is 5.48. The summed E-state index contributed by atoms with van der Waals surface area (Å²) in [5.74, 6) is 0. The fraction of sp³-hybridized carbons (Fsp3) is 0.294. The minimum Gasteiger partial charge on any atom is -0.372 e. The van der Waals surface area contributed by atoms with Gasteiger partial charge in [-0.25, -0.2) is 0 Å². The van der Waals surface area contributed by atoms with Gasteiger partial charge in [0.25, 0.3) is 0 Å². The second kappa shape index (κ2) is 5.16. The highest BCUT2D eigenvalue weighted by Crippen LogP contribution is 2.28. The number of hydrogen-bond acceptors (Lipinski definition) is 2. The monoisotopic (exact) mass is 253 g/mol. The van der Waals surface area contributed by atoms with Crippen LogP contribution in [0.3, 0.4) is 0 Å². The number of ether oxygens (including phenoxy) is 1. The van der Waals surface area contributed by atoms with Gasteiger partial charge in [0.2, 0.25) is 0 Å². The third kappa shape index (κ3) is 2.42. The van der Waals surface area contributed by atoms with Gasteiger partial charge in [-0.1, -0.05) is 30.3 Å². The fourth-order valence-electron chi connectivity index (χ4n) is 2.51. The van der Waals surface area contributed by atoms with E-state index in [0.717, 1.165) is 13.2 Å². The first kappa shape index (κ1) is 12.4. The molecule has 98 valence electrons. The molecule has 0 spiro atoms. The lowest BCUT2D eigenvalue weighted by atomic mass is 9.97. The third-order valence-corrected chi connectivity index (χ3v) is 3.87. The molecule has 1 aliphatic heterocycles. The van der Waals surface area contributed by atoms with Crippen LogP contribution in [0.2, 0.25) is 0 Å². The van der Waals surface area contributed by atoms with E-state index in [1.54, 1.807) is 0 Å². The number of nitrogens with one attached hydrogen (secondary N) is 1. The first-order valence-electron chi connectivity index (χ1n) is 6.75. The third-order valence-electron chi connectivity index (χ3n) is 3.87. The standard InChI is InChI=1S/C17H19NO/c1-12(18-2)13-4-3-5-14(8-13)15-6-7-16-10-19-11-17(16)9-15/h3-9,12,18H,10-11H2,1-2H3. The van der Waals surface area contributed by atoms with Crippen molar-refractivity contribution in [2.75, 3.05) is 7.05 Å². The maximum Gasteiger partial charge on any atom is 0.0725 e. The largest absolute Gasteiger partial charge is 0.372 e. The van der Waals surface area contributed by atoms with Crippen molar-refractivity contribution in [3.63, 3.8) is 0 Å². The minimum absolute atomic E-state index is 0.373. The van der Waals surface area contributed by atoms with E-state index >= 15 is 0 Å². The molecule has 3 rings (SSSR count). The summed E-state index contributed by atoms with van der Waals surface area (Å²) in [5.41, 5.74) is 6.51. The molecular formula is C17H19NO. The molecule has 2 heteroatoms. The van der Waals surface area contributed by atoms with Gasteiger partial charge in [0.1, 0.15) is 0 Å². The average molecular weight is 253 g/mol. The molecule has 0 saturated carbocycles. The van der Waals surface area contributed by atoms with E-state index in [9.17, 15) is 0 Å². The Balaban J connectivity index is 1.98. The molecule has 1 N–H and O–H groups in total. The molecule has 2 nitrogen and oxygen atoms in total. The second-order valence-corrected chi connectivity index (χ2v) is 5.11. The fourth-order valence-corrected chi connectivity index (χ4v) is 2.51. The van der Waals surface area contributed by atoms with Crippen LogP contribution < -0.4 is 5.32 Å². The Bertz CT molecular complexity index is 592. The van der Waals surface area contributed by atoms with E-state index in [-0.39, 0.29) is 0 Å². The Morgan fingerprint density at radius 3 is 2.63 bits per heavy atom. The molecule has 0 fully saturated rings. The Morgan fingerprint density at radius 2 is 1.79 bits per heavy atom. The highest BCUT2D eigenvalue weighted by Gasteiger charge is 2.12. The lowest BCUT2D eigenvalue weighted by Gasteiger charge is -2.12. The minimum atomic E-state index is 0.373. The molecule has 2 aromatic carbocycles. The molecule has 1 atom stereocenters. The van der Waals surface area contributed by atoms with E-state index in [1.165, 1.54) is 27.8 Å². The van der Waals surface area contributed by atoms with Crippen molar-refractivity contribution in [2.45, 2.75) is 26.2 Å². The molecule has 0 bridgehead atoms. The summed E-state index contributed by atoms with van der Waals surface area (Å²) in [6, 6.07) is 15.7. The SMILES string of the molecule is CNC(C)c1cccc(-c2ccc3c(c2)COC3)c1. The normalized spacial score (nSPS) is 15.3. The van der Waals surface area contributed by atoms with Crippen LogP contribution in [0.25, 0.3) is 11.1 Å². The molecule has 0 amide bonds. The zero-order valence-electron chi connectivity index (χ0n) is 11.4. The lowest BCUT2D eigenvalue weighted by Crippen LogP contribution is -2.12. The van der Waals surface area contributed by atoms with Crippen LogP contribution in [-0.4, -0.2) is 7.05 Å². The van der Waals surface area contributed by atoms with Gasteiger partial charge in [0.15, 0.2) is 0 Å². The van der Waals surface area contributed by atoms with Crippen molar-refractivity contribution in [1.82, 2.24) is 5.32 Å². The second-order valence-electron chi connectivity index (χ2n) is 5.11. The van der Waals surface area contributed by atoms with Crippen LogP contribution in [0.15, 0.2) is 42.5 Å². The highest BCUT2D eigenvalue weighted by molar-refractivity contribution is 5.66. The van der Waals surface area contributed by atoms with E-state index in [0.29, 0.717) is 6.04 Å². The Hall–Kier alpha value is -1.64. The molecule has 0 aromatic heterocycles. The summed E-state index contributed by atoms with van der Waals surface area (Å²) in [6.45, 7) is 3.68. The average Bonchev–Trinajstić information content (AvgIpc) is 2.94. The van der Waals surface area contributed by atoms with Gasteiger partial charge in [-0.2, -0.15) is 0 Å². The van der Waals surface area contributed by atoms with Gasteiger partial charge in [-0.3, -0.25) is 0 Å². The molecule has 1 aliphatic rings. The summed E-state index contributed by atoms with van der Waals surface area (Å²) in [4.78, 5) is 0.